The van der Waals surface area contributed by atoms with Gasteiger partial charge in [0.2, 0.25) is 0 Å². The quantitative estimate of drug-likeness (QED) is 0.880. The van der Waals surface area contributed by atoms with Crippen molar-refractivity contribution < 1.29 is 9.84 Å². The summed E-state index contributed by atoms with van der Waals surface area (Å²) in [6, 6.07) is 4.11. The van der Waals surface area contributed by atoms with Crippen molar-refractivity contribution in [3.8, 4) is 5.75 Å². The maximum atomic E-state index is 10.5. The molecule has 0 fully saturated rings. The van der Waals surface area contributed by atoms with Crippen molar-refractivity contribution in [2.45, 2.75) is 38.8 Å². The van der Waals surface area contributed by atoms with Crippen LogP contribution in [0, 0.1) is 0 Å². The fourth-order valence-corrected chi connectivity index (χ4v) is 2.23. The summed E-state index contributed by atoms with van der Waals surface area (Å²) in [6.45, 7) is 4.07. The molecule has 2 rings (SSSR count). The van der Waals surface area contributed by atoms with E-state index in [-0.39, 0.29) is 6.04 Å². The van der Waals surface area contributed by atoms with Crippen molar-refractivity contribution in [2.75, 3.05) is 7.11 Å². The molecule has 5 nitrogen and oxygen atoms in total. The third-order valence-electron chi connectivity index (χ3n) is 3.28. The highest BCUT2D eigenvalue weighted by atomic mass is 16.5. The van der Waals surface area contributed by atoms with E-state index in [1.165, 1.54) is 0 Å². The van der Waals surface area contributed by atoms with Gasteiger partial charge < -0.3 is 9.84 Å². The normalized spacial score (nSPS) is 12.7. The van der Waals surface area contributed by atoms with Crippen molar-refractivity contribution in [1.82, 2.24) is 14.8 Å². The minimum Gasteiger partial charge on any atom is -0.493 e. The molecule has 1 unspecified atom stereocenters. The Balaban J connectivity index is 2.12. The first-order chi connectivity index (χ1) is 9.63. The molecule has 0 bridgehead atoms. The van der Waals surface area contributed by atoms with Gasteiger partial charge in [0.15, 0.2) is 5.75 Å². The molecule has 20 heavy (non-hydrogen) atoms. The number of aliphatic hydroxyl groups excluding tert-OH is 1. The fraction of sp³-hybridized carbons (Fsp3) is 0.467. The summed E-state index contributed by atoms with van der Waals surface area (Å²) in [6.07, 6.45) is 6.00. The molecule has 2 heterocycles. The summed E-state index contributed by atoms with van der Waals surface area (Å²) in [5.41, 5.74) is 1.91. The average Bonchev–Trinajstić information content (AvgIpc) is 2.90. The molecular weight excluding hydrogens is 254 g/mol. The zero-order valence-electron chi connectivity index (χ0n) is 12.2. The van der Waals surface area contributed by atoms with Gasteiger partial charge in [0, 0.05) is 18.4 Å². The zero-order valence-corrected chi connectivity index (χ0v) is 12.2. The first-order valence-corrected chi connectivity index (χ1v) is 6.81. The number of aryl methyl sites for hydroxylation is 1. The molecular formula is C15H21N3O2. The molecule has 0 amide bonds. The summed E-state index contributed by atoms with van der Waals surface area (Å²) < 4.78 is 7.11. The van der Waals surface area contributed by atoms with E-state index in [2.05, 4.69) is 10.1 Å². The number of nitrogens with zero attached hydrogens (tertiary/aromatic N) is 3. The van der Waals surface area contributed by atoms with E-state index in [9.17, 15) is 5.11 Å². The van der Waals surface area contributed by atoms with E-state index in [0.717, 1.165) is 17.7 Å². The van der Waals surface area contributed by atoms with E-state index in [1.807, 2.05) is 30.7 Å². The van der Waals surface area contributed by atoms with Gasteiger partial charge >= 0.3 is 0 Å². The van der Waals surface area contributed by atoms with Crippen LogP contribution in [0.1, 0.15) is 43.7 Å². The zero-order chi connectivity index (χ0) is 14.5. The topological polar surface area (TPSA) is 60.2 Å². The second-order valence-corrected chi connectivity index (χ2v) is 5.05. The summed E-state index contributed by atoms with van der Waals surface area (Å²) in [7, 11) is 1.60. The molecule has 0 aliphatic rings. The molecule has 0 radical (unpaired) electrons. The summed E-state index contributed by atoms with van der Waals surface area (Å²) in [4.78, 5) is 3.99. The predicted molar refractivity (Wildman–Crippen MR) is 76.7 cm³/mol. The lowest BCUT2D eigenvalue weighted by Crippen LogP contribution is -2.12. The second-order valence-electron chi connectivity index (χ2n) is 5.05. The number of pyridine rings is 1. The van der Waals surface area contributed by atoms with Crippen LogP contribution in [0.4, 0.5) is 0 Å². The number of hydrogen-bond donors (Lipinski definition) is 1. The Morgan fingerprint density at radius 3 is 2.60 bits per heavy atom. The molecule has 2 aromatic rings. The first-order valence-electron chi connectivity index (χ1n) is 6.81. The molecule has 0 aliphatic carbocycles. The average molecular weight is 275 g/mol. The lowest BCUT2D eigenvalue weighted by molar-refractivity contribution is 0.150. The van der Waals surface area contributed by atoms with E-state index in [4.69, 9.17) is 4.74 Å². The lowest BCUT2D eigenvalue weighted by atomic mass is 10.1. The van der Waals surface area contributed by atoms with Crippen molar-refractivity contribution >= 4 is 0 Å². The Hall–Kier alpha value is -1.88. The molecule has 0 saturated carbocycles. The van der Waals surface area contributed by atoms with E-state index < -0.39 is 6.10 Å². The molecule has 0 aliphatic heterocycles. The Kier molecular flexibility index (Phi) is 4.74. The number of aromatic nitrogens is 3. The highest BCUT2D eigenvalue weighted by Crippen LogP contribution is 2.30. The second kappa shape index (κ2) is 6.52. The number of hydrogen-bond acceptors (Lipinski definition) is 4. The Morgan fingerprint density at radius 2 is 2.00 bits per heavy atom. The smallest absolute Gasteiger partial charge is 0.162 e. The number of ether oxygens (including phenoxy) is 1. The lowest BCUT2D eigenvalue weighted by Gasteiger charge is -2.17. The first kappa shape index (κ1) is 14.5. The van der Waals surface area contributed by atoms with Gasteiger partial charge in [-0.15, -0.1) is 0 Å². The van der Waals surface area contributed by atoms with Crippen LogP contribution in [0.25, 0.3) is 0 Å². The molecule has 0 spiro atoms. The predicted octanol–water partition coefficient (Wildman–Crippen LogP) is 2.53. The third kappa shape index (κ3) is 3.17. The largest absolute Gasteiger partial charge is 0.493 e. The van der Waals surface area contributed by atoms with Crippen molar-refractivity contribution in [3.63, 3.8) is 0 Å². The van der Waals surface area contributed by atoms with Crippen LogP contribution in [0.15, 0.2) is 30.7 Å². The number of aliphatic hydroxyl groups is 1. The number of methoxy groups -OCH3 is 1. The van der Waals surface area contributed by atoms with Gasteiger partial charge in [-0.05, 0) is 44.4 Å². The van der Waals surface area contributed by atoms with Gasteiger partial charge in [-0.3, -0.25) is 9.67 Å². The minimum absolute atomic E-state index is 0.185. The van der Waals surface area contributed by atoms with Crippen LogP contribution in [0.2, 0.25) is 0 Å². The Morgan fingerprint density at radius 1 is 1.30 bits per heavy atom. The van der Waals surface area contributed by atoms with Crippen molar-refractivity contribution in [3.05, 3.63) is 42.0 Å². The monoisotopic (exact) mass is 275 g/mol. The maximum Gasteiger partial charge on any atom is 0.162 e. The van der Waals surface area contributed by atoms with Crippen LogP contribution in [0.3, 0.4) is 0 Å². The van der Waals surface area contributed by atoms with E-state index in [1.54, 1.807) is 25.7 Å². The summed E-state index contributed by atoms with van der Waals surface area (Å²) in [5.74, 6) is 0.640. The molecule has 1 N–H and O–H groups in total. The SMILES string of the molecule is COc1cnn(C(C)C)c1C(O)CCc1ccncc1. The molecule has 1 atom stereocenters. The minimum atomic E-state index is -0.594. The van der Waals surface area contributed by atoms with Crippen molar-refractivity contribution in [2.24, 2.45) is 0 Å². The van der Waals surface area contributed by atoms with Crippen LogP contribution in [-0.4, -0.2) is 27.0 Å². The van der Waals surface area contributed by atoms with E-state index >= 15 is 0 Å². The van der Waals surface area contributed by atoms with Crippen LogP contribution >= 0.6 is 0 Å². The van der Waals surface area contributed by atoms with Gasteiger partial charge in [-0.25, -0.2) is 0 Å². The van der Waals surface area contributed by atoms with Gasteiger partial charge in [-0.2, -0.15) is 5.10 Å². The molecule has 2 aromatic heterocycles. The van der Waals surface area contributed by atoms with Gasteiger partial charge in [-0.1, -0.05) is 0 Å². The molecule has 108 valence electrons. The van der Waals surface area contributed by atoms with Crippen LogP contribution < -0.4 is 4.74 Å². The fourth-order valence-electron chi connectivity index (χ4n) is 2.23. The Bertz CT molecular complexity index is 537. The summed E-state index contributed by atoms with van der Waals surface area (Å²) >= 11 is 0. The van der Waals surface area contributed by atoms with Crippen molar-refractivity contribution in [1.29, 1.82) is 0 Å². The molecule has 0 saturated heterocycles. The van der Waals surface area contributed by atoms with Gasteiger partial charge in [0.25, 0.3) is 0 Å². The van der Waals surface area contributed by atoms with E-state index in [0.29, 0.717) is 12.2 Å². The maximum absolute atomic E-state index is 10.5. The number of rotatable bonds is 6. The standard InChI is InChI=1S/C15H21N3O2/c1-11(2)18-15(14(20-3)10-17-18)13(19)5-4-12-6-8-16-9-7-12/h6-11,13,19H,4-5H2,1-3H3. The molecule has 0 aromatic carbocycles. The third-order valence-corrected chi connectivity index (χ3v) is 3.28. The van der Waals surface area contributed by atoms with Crippen LogP contribution in [0.5, 0.6) is 5.75 Å². The summed E-state index contributed by atoms with van der Waals surface area (Å²) in [5, 5.41) is 14.7. The highest BCUT2D eigenvalue weighted by Gasteiger charge is 2.21. The molecule has 5 heteroatoms. The Labute approximate surface area is 119 Å². The highest BCUT2D eigenvalue weighted by molar-refractivity contribution is 5.28. The van der Waals surface area contributed by atoms with Gasteiger partial charge in [0.1, 0.15) is 5.69 Å². The van der Waals surface area contributed by atoms with Gasteiger partial charge in [0.05, 0.1) is 19.4 Å². The van der Waals surface area contributed by atoms with Crippen LogP contribution in [-0.2, 0) is 6.42 Å².